The van der Waals surface area contributed by atoms with Gasteiger partial charge >= 0.3 is 0 Å². The fourth-order valence-corrected chi connectivity index (χ4v) is 6.68. The Hall–Kier alpha value is -3.36. The fraction of sp³-hybridized carbons (Fsp3) is 0.355. The van der Waals surface area contributed by atoms with Gasteiger partial charge in [-0.3, -0.25) is 13.9 Å². The lowest BCUT2D eigenvalue weighted by Crippen LogP contribution is -2.52. The van der Waals surface area contributed by atoms with Crippen molar-refractivity contribution < 1.29 is 18.0 Å². The Bertz CT molecular complexity index is 1450. The van der Waals surface area contributed by atoms with E-state index in [2.05, 4.69) is 5.32 Å². The topological polar surface area (TPSA) is 86.8 Å². The Kier molecular flexibility index (Phi) is 9.53. The number of amides is 2. The molecule has 1 aliphatic carbocycles. The number of hydrogen-bond donors (Lipinski definition) is 1. The zero-order valence-corrected chi connectivity index (χ0v) is 24.7. The Balaban J connectivity index is 1.69. The van der Waals surface area contributed by atoms with Gasteiger partial charge in [0.1, 0.15) is 12.6 Å². The van der Waals surface area contributed by atoms with Gasteiger partial charge in [0.05, 0.1) is 10.6 Å². The monoisotopic (exact) mass is 581 g/mol. The van der Waals surface area contributed by atoms with E-state index in [0.717, 1.165) is 41.1 Å². The summed E-state index contributed by atoms with van der Waals surface area (Å²) in [6.45, 7) is 5.16. The van der Waals surface area contributed by atoms with E-state index in [9.17, 15) is 18.0 Å². The SMILES string of the molecule is Cc1cccc(CN(C(=O)CN(c2ccccc2C)S(=O)(=O)c2ccc(Cl)cc2)C(C)C(=O)NC2CCCC2)c1. The minimum Gasteiger partial charge on any atom is -0.352 e. The molecule has 0 aliphatic heterocycles. The molecule has 1 fully saturated rings. The molecular formula is C31H36ClN3O4S. The maximum absolute atomic E-state index is 14.1. The van der Waals surface area contributed by atoms with Gasteiger partial charge in [-0.2, -0.15) is 0 Å². The van der Waals surface area contributed by atoms with E-state index >= 15 is 0 Å². The minimum atomic E-state index is -4.14. The molecule has 0 heterocycles. The van der Waals surface area contributed by atoms with Crippen LogP contribution in [0.3, 0.4) is 0 Å². The molecule has 1 unspecified atom stereocenters. The van der Waals surface area contributed by atoms with E-state index < -0.39 is 28.5 Å². The number of nitrogens with zero attached hydrogens (tertiary/aromatic N) is 2. The lowest BCUT2D eigenvalue weighted by Gasteiger charge is -2.33. The summed E-state index contributed by atoms with van der Waals surface area (Å²) in [5.41, 5.74) is 2.98. The molecule has 0 aromatic heterocycles. The molecule has 3 aromatic rings. The molecule has 4 rings (SSSR count). The zero-order chi connectivity index (χ0) is 28.9. The summed E-state index contributed by atoms with van der Waals surface area (Å²) in [4.78, 5) is 28.9. The molecule has 0 bridgehead atoms. The molecule has 212 valence electrons. The first-order valence-corrected chi connectivity index (χ1v) is 15.4. The summed E-state index contributed by atoms with van der Waals surface area (Å²) < 4.78 is 29.0. The number of para-hydroxylation sites is 1. The predicted molar refractivity (Wildman–Crippen MR) is 159 cm³/mol. The van der Waals surface area contributed by atoms with Crippen molar-refractivity contribution in [2.45, 2.75) is 70.0 Å². The van der Waals surface area contributed by atoms with Crippen molar-refractivity contribution in [1.82, 2.24) is 10.2 Å². The summed E-state index contributed by atoms with van der Waals surface area (Å²) in [6.07, 6.45) is 3.98. The summed E-state index contributed by atoms with van der Waals surface area (Å²) in [5, 5.41) is 3.50. The highest BCUT2D eigenvalue weighted by Crippen LogP contribution is 2.28. The molecule has 1 aliphatic rings. The number of halogens is 1. The Morgan fingerprint density at radius 1 is 0.975 bits per heavy atom. The van der Waals surface area contributed by atoms with Gasteiger partial charge in [-0.1, -0.05) is 72.5 Å². The third-order valence-corrected chi connectivity index (χ3v) is 9.39. The number of hydrogen-bond acceptors (Lipinski definition) is 4. The van der Waals surface area contributed by atoms with Gasteiger partial charge in [0.15, 0.2) is 0 Å². The highest BCUT2D eigenvalue weighted by atomic mass is 35.5. The van der Waals surface area contributed by atoms with Crippen molar-refractivity contribution in [2.75, 3.05) is 10.8 Å². The molecule has 0 spiro atoms. The maximum Gasteiger partial charge on any atom is 0.264 e. The molecular weight excluding hydrogens is 546 g/mol. The summed E-state index contributed by atoms with van der Waals surface area (Å²) in [5.74, 6) is -0.715. The molecule has 1 atom stereocenters. The number of aryl methyl sites for hydroxylation is 2. The van der Waals surface area contributed by atoms with Gasteiger partial charge in [0.2, 0.25) is 11.8 Å². The quantitative estimate of drug-likeness (QED) is 0.336. The van der Waals surface area contributed by atoms with Crippen LogP contribution >= 0.6 is 11.6 Å². The van der Waals surface area contributed by atoms with Crippen molar-refractivity contribution in [1.29, 1.82) is 0 Å². The molecule has 7 nitrogen and oxygen atoms in total. The van der Waals surface area contributed by atoms with E-state index in [1.165, 1.54) is 29.2 Å². The maximum atomic E-state index is 14.1. The number of rotatable bonds is 10. The van der Waals surface area contributed by atoms with Crippen LogP contribution in [0, 0.1) is 13.8 Å². The van der Waals surface area contributed by atoms with Gasteiger partial charge in [-0.05, 0) is 75.1 Å². The average Bonchev–Trinajstić information content (AvgIpc) is 3.43. The van der Waals surface area contributed by atoms with Crippen LogP contribution < -0.4 is 9.62 Å². The standard InChI is InChI=1S/C31H36ClN3O4S/c1-22-9-8-11-25(19-22)20-34(24(3)31(37)33-27-12-5-6-13-27)30(36)21-35(29-14-7-4-10-23(29)2)40(38,39)28-17-15-26(32)16-18-28/h4,7-11,14-19,24,27H,5-6,12-13,20-21H2,1-3H3,(H,33,37). The molecule has 1 saturated carbocycles. The van der Waals surface area contributed by atoms with E-state index in [1.54, 1.807) is 32.0 Å². The van der Waals surface area contributed by atoms with Crippen LogP contribution in [0.1, 0.15) is 49.3 Å². The highest BCUT2D eigenvalue weighted by Gasteiger charge is 2.33. The molecule has 0 radical (unpaired) electrons. The largest absolute Gasteiger partial charge is 0.352 e. The minimum absolute atomic E-state index is 0.0187. The Morgan fingerprint density at radius 2 is 1.65 bits per heavy atom. The highest BCUT2D eigenvalue weighted by molar-refractivity contribution is 7.92. The zero-order valence-electron chi connectivity index (χ0n) is 23.1. The Labute approximate surface area is 242 Å². The molecule has 3 aromatic carbocycles. The van der Waals surface area contributed by atoms with Crippen molar-refractivity contribution in [3.05, 3.63) is 94.5 Å². The van der Waals surface area contributed by atoms with Gasteiger partial charge < -0.3 is 10.2 Å². The summed E-state index contributed by atoms with van der Waals surface area (Å²) in [7, 11) is -4.14. The van der Waals surface area contributed by atoms with E-state index in [1.807, 2.05) is 37.3 Å². The van der Waals surface area contributed by atoms with Crippen molar-refractivity contribution in [2.24, 2.45) is 0 Å². The molecule has 0 saturated heterocycles. The van der Waals surface area contributed by atoms with Gasteiger partial charge in [0, 0.05) is 17.6 Å². The van der Waals surface area contributed by atoms with E-state index in [4.69, 9.17) is 11.6 Å². The smallest absolute Gasteiger partial charge is 0.264 e. The Morgan fingerprint density at radius 3 is 2.30 bits per heavy atom. The normalized spacial score (nSPS) is 14.5. The molecule has 2 amide bonds. The lowest BCUT2D eigenvalue weighted by molar-refractivity contribution is -0.139. The van der Waals surface area contributed by atoms with Crippen LogP contribution in [0.25, 0.3) is 0 Å². The third kappa shape index (κ3) is 7.04. The number of anilines is 1. The number of sulfonamides is 1. The molecule has 40 heavy (non-hydrogen) atoms. The van der Waals surface area contributed by atoms with Crippen LogP contribution in [-0.2, 0) is 26.2 Å². The lowest BCUT2D eigenvalue weighted by atomic mass is 10.1. The molecule has 9 heteroatoms. The van der Waals surface area contributed by atoms with Crippen molar-refractivity contribution in [3.63, 3.8) is 0 Å². The summed E-state index contributed by atoms with van der Waals surface area (Å²) in [6, 6.07) is 19.9. The predicted octanol–water partition coefficient (Wildman–Crippen LogP) is 5.63. The number of carbonyl (C=O) groups excluding carboxylic acids is 2. The van der Waals surface area contributed by atoms with Crippen molar-refractivity contribution in [3.8, 4) is 0 Å². The molecule has 1 N–H and O–H groups in total. The second-order valence-corrected chi connectivity index (χ2v) is 12.7. The van der Waals surface area contributed by atoms with Gasteiger partial charge in [-0.15, -0.1) is 0 Å². The van der Waals surface area contributed by atoms with E-state index in [0.29, 0.717) is 16.3 Å². The second-order valence-electron chi connectivity index (χ2n) is 10.4. The van der Waals surface area contributed by atoms with Crippen molar-refractivity contribution >= 4 is 39.1 Å². The van der Waals surface area contributed by atoms with Gasteiger partial charge in [-0.25, -0.2) is 8.42 Å². The first-order chi connectivity index (χ1) is 19.1. The fourth-order valence-electron chi connectivity index (χ4n) is 5.07. The van der Waals surface area contributed by atoms with Crippen LogP contribution in [0.4, 0.5) is 5.69 Å². The first kappa shape index (κ1) is 29.6. The van der Waals surface area contributed by atoms with Crippen LogP contribution in [0.2, 0.25) is 5.02 Å². The van der Waals surface area contributed by atoms with Crippen LogP contribution in [0.15, 0.2) is 77.7 Å². The first-order valence-electron chi connectivity index (χ1n) is 13.6. The number of nitrogens with one attached hydrogen (secondary N) is 1. The third-order valence-electron chi connectivity index (χ3n) is 7.37. The number of benzene rings is 3. The number of carbonyl (C=O) groups is 2. The summed E-state index contributed by atoms with van der Waals surface area (Å²) >= 11 is 6.02. The van der Waals surface area contributed by atoms with Gasteiger partial charge in [0.25, 0.3) is 10.0 Å². The van der Waals surface area contributed by atoms with Crippen LogP contribution in [-0.4, -0.2) is 43.8 Å². The second kappa shape index (κ2) is 12.9. The van der Waals surface area contributed by atoms with E-state index in [-0.39, 0.29) is 23.4 Å². The average molecular weight is 582 g/mol. The van der Waals surface area contributed by atoms with Crippen LogP contribution in [0.5, 0.6) is 0 Å².